The minimum absolute atomic E-state index is 1.26. The summed E-state index contributed by atoms with van der Waals surface area (Å²) < 4.78 is 3.55. The van der Waals surface area contributed by atoms with Crippen LogP contribution in [0.4, 0.5) is 0 Å². The number of fused-ring (bicyclic) bond motifs is 1. The topological polar surface area (TPSA) is 3.88 Å². The van der Waals surface area contributed by atoms with Crippen LogP contribution in [0.1, 0.15) is 11.1 Å². The summed E-state index contributed by atoms with van der Waals surface area (Å²) in [6, 6.07) is 22.1. The first-order chi connectivity index (χ1) is 11.6. The van der Waals surface area contributed by atoms with E-state index >= 15 is 0 Å². The van der Waals surface area contributed by atoms with E-state index in [2.05, 4.69) is 92.3 Å². The van der Waals surface area contributed by atoms with Crippen LogP contribution < -0.4 is 4.57 Å². The van der Waals surface area contributed by atoms with Gasteiger partial charge in [-0.25, -0.2) is 4.57 Å². The minimum Gasteiger partial charge on any atom is -0.201 e. The highest BCUT2D eigenvalue weighted by molar-refractivity contribution is 7.22. The Hall–Kier alpha value is -2.45. The van der Waals surface area contributed by atoms with Crippen molar-refractivity contribution in [2.75, 3.05) is 0 Å². The molecule has 0 fully saturated rings. The number of aromatic nitrogens is 1. The molecule has 2 aromatic heterocycles. The summed E-state index contributed by atoms with van der Waals surface area (Å²) in [5.74, 6) is 0. The lowest BCUT2D eigenvalue weighted by Gasteiger charge is -2.07. The Morgan fingerprint density at radius 3 is 2.54 bits per heavy atom. The predicted octanol–water partition coefficient (Wildman–Crippen LogP) is 5.68. The lowest BCUT2D eigenvalue weighted by Crippen LogP contribution is -2.30. The second-order valence-electron chi connectivity index (χ2n) is 6.38. The quantitative estimate of drug-likeness (QED) is 0.417. The summed E-state index contributed by atoms with van der Waals surface area (Å²) in [7, 11) is 2.12. The fourth-order valence-electron chi connectivity index (χ4n) is 3.13. The van der Waals surface area contributed by atoms with Crippen LogP contribution in [0.5, 0.6) is 0 Å². The van der Waals surface area contributed by atoms with Crippen molar-refractivity contribution in [3.05, 3.63) is 78.0 Å². The number of hydrogen-bond donors (Lipinski definition) is 0. The van der Waals surface area contributed by atoms with Gasteiger partial charge in [-0.1, -0.05) is 35.9 Å². The number of nitrogens with zero attached hydrogens (tertiary/aromatic N) is 1. The van der Waals surface area contributed by atoms with Crippen molar-refractivity contribution < 1.29 is 4.57 Å². The van der Waals surface area contributed by atoms with Gasteiger partial charge in [-0.2, -0.15) is 0 Å². The predicted molar refractivity (Wildman–Crippen MR) is 103 cm³/mol. The van der Waals surface area contributed by atoms with Gasteiger partial charge in [0.15, 0.2) is 6.20 Å². The highest BCUT2D eigenvalue weighted by atomic mass is 32.1. The zero-order valence-corrected chi connectivity index (χ0v) is 15.0. The Bertz CT molecular complexity index is 1010. The van der Waals surface area contributed by atoms with E-state index in [1.54, 1.807) is 0 Å². The Morgan fingerprint density at radius 1 is 0.875 bits per heavy atom. The molecule has 0 aliphatic carbocycles. The molecule has 0 radical (unpaired) electrons. The highest BCUT2D eigenvalue weighted by Gasteiger charge is 2.15. The van der Waals surface area contributed by atoms with Crippen LogP contribution in [0, 0.1) is 13.8 Å². The van der Waals surface area contributed by atoms with Gasteiger partial charge in [0.1, 0.15) is 7.05 Å². The van der Waals surface area contributed by atoms with Crippen LogP contribution in [-0.2, 0) is 7.05 Å². The molecular formula is C22H20NS+. The van der Waals surface area contributed by atoms with Crippen molar-refractivity contribution in [3.8, 4) is 21.7 Å². The Labute approximate surface area is 146 Å². The average Bonchev–Trinajstić information content (AvgIpc) is 3.02. The van der Waals surface area contributed by atoms with E-state index in [1.807, 2.05) is 11.3 Å². The lowest BCUT2D eigenvalue weighted by atomic mass is 10.0. The standard InChI is InChI=1S/C22H20NS/c1-15-8-9-16(2)19(12-15)20-13-18(10-11-23(20)3)22-14-17-6-4-5-7-21(17)24-22/h4-14H,1-3H3/q+1. The van der Waals surface area contributed by atoms with Crippen LogP contribution >= 0.6 is 11.3 Å². The SMILES string of the molecule is Cc1ccc(C)c(-c2cc(-c3cc4ccccc4s3)cc[n+]2C)c1. The van der Waals surface area contributed by atoms with Gasteiger partial charge in [0.2, 0.25) is 5.69 Å². The zero-order valence-electron chi connectivity index (χ0n) is 14.2. The first-order valence-corrected chi connectivity index (χ1v) is 9.00. The summed E-state index contributed by atoms with van der Waals surface area (Å²) in [6.07, 6.45) is 2.16. The van der Waals surface area contributed by atoms with Crippen molar-refractivity contribution in [3.63, 3.8) is 0 Å². The fourth-order valence-corrected chi connectivity index (χ4v) is 4.19. The Balaban J connectivity index is 1.88. The molecule has 24 heavy (non-hydrogen) atoms. The van der Waals surface area contributed by atoms with Crippen molar-refractivity contribution in [2.45, 2.75) is 13.8 Å². The van der Waals surface area contributed by atoms with Crippen molar-refractivity contribution in [1.29, 1.82) is 0 Å². The molecule has 0 saturated heterocycles. The normalized spacial score (nSPS) is 11.1. The fraction of sp³-hybridized carbons (Fsp3) is 0.136. The number of hydrogen-bond acceptors (Lipinski definition) is 1. The molecule has 0 saturated carbocycles. The summed E-state index contributed by atoms with van der Waals surface area (Å²) in [6.45, 7) is 4.33. The molecule has 4 aromatic rings. The molecule has 0 amide bonds. The van der Waals surface area contributed by atoms with Gasteiger partial charge < -0.3 is 0 Å². The lowest BCUT2D eigenvalue weighted by molar-refractivity contribution is -0.660. The minimum atomic E-state index is 1.26. The molecule has 0 spiro atoms. The summed E-state index contributed by atoms with van der Waals surface area (Å²) >= 11 is 1.86. The second-order valence-corrected chi connectivity index (χ2v) is 7.46. The third kappa shape index (κ3) is 2.63. The molecule has 0 bridgehead atoms. The van der Waals surface area contributed by atoms with Crippen LogP contribution in [0.3, 0.4) is 0 Å². The van der Waals surface area contributed by atoms with E-state index in [1.165, 1.54) is 42.9 Å². The van der Waals surface area contributed by atoms with Gasteiger partial charge in [0.05, 0.1) is 0 Å². The zero-order chi connectivity index (χ0) is 16.7. The van der Waals surface area contributed by atoms with E-state index in [-0.39, 0.29) is 0 Å². The van der Waals surface area contributed by atoms with Gasteiger partial charge in [0, 0.05) is 32.8 Å². The summed E-state index contributed by atoms with van der Waals surface area (Å²) in [5.41, 5.74) is 6.45. The third-order valence-electron chi connectivity index (χ3n) is 4.53. The first kappa shape index (κ1) is 15.1. The molecule has 0 aliphatic rings. The molecule has 0 atom stereocenters. The van der Waals surface area contributed by atoms with Crippen molar-refractivity contribution in [1.82, 2.24) is 0 Å². The van der Waals surface area contributed by atoms with E-state index in [0.717, 1.165) is 0 Å². The first-order valence-electron chi connectivity index (χ1n) is 8.18. The molecule has 0 N–H and O–H groups in total. The van der Waals surface area contributed by atoms with Crippen LogP contribution in [0.2, 0.25) is 0 Å². The van der Waals surface area contributed by atoms with E-state index < -0.39 is 0 Å². The summed E-state index contributed by atoms with van der Waals surface area (Å²) in [5, 5.41) is 1.32. The molecule has 2 aromatic carbocycles. The number of benzene rings is 2. The molecule has 2 heterocycles. The molecule has 0 aliphatic heterocycles. The van der Waals surface area contributed by atoms with Crippen LogP contribution in [-0.4, -0.2) is 0 Å². The smallest absolute Gasteiger partial charge is 0.201 e. The maximum atomic E-state index is 2.31. The van der Waals surface area contributed by atoms with Crippen LogP contribution in [0.25, 0.3) is 31.8 Å². The average molecular weight is 330 g/mol. The van der Waals surface area contributed by atoms with Crippen molar-refractivity contribution >= 4 is 21.4 Å². The highest BCUT2D eigenvalue weighted by Crippen LogP contribution is 2.34. The molecule has 4 rings (SSSR count). The van der Waals surface area contributed by atoms with Gasteiger partial charge >= 0.3 is 0 Å². The molecule has 2 heteroatoms. The maximum Gasteiger partial charge on any atom is 0.213 e. The van der Waals surface area contributed by atoms with Crippen LogP contribution in [0.15, 0.2) is 66.9 Å². The van der Waals surface area contributed by atoms with Gasteiger partial charge in [-0.15, -0.1) is 11.3 Å². The maximum absolute atomic E-state index is 2.31. The number of pyridine rings is 1. The number of rotatable bonds is 2. The van der Waals surface area contributed by atoms with E-state index in [4.69, 9.17) is 0 Å². The summed E-state index contributed by atoms with van der Waals surface area (Å²) in [4.78, 5) is 1.32. The van der Waals surface area contributed by atoms with Gasteiger partial charge in [-0.05, 0) is 43.0 Å². The van der Waals surface area contributed by atoms with Gasteiger partial charge in [0.25, 0.3) is 0 Å². The number of thiophene rings is 1. The largest absolute Gasteiger partial charge is 0.213 e. The Morgan fingerprint density at radius 2 is 1.71 bits per heavy atom. The third-order valence-corrected chi connectivity index (χ3v) is 5.69. The van der Waals surface area contributed by atoms with Gasteiger partial charge in [-0.3, -0.25) is 0 Å². The van der Waals surface area contributed by atoms with E-state index in [0.29, 0.717) is 0 Å². The Kier molecular flexibility index (Phi) is 3.70. The van der Waals surface area contributed by atoms with Crippen molar-refractivity contribution in [2.24, 2.45) is 7.05 Å². The van der Waals surface area contributed by atoms with E-state index in [9.17, 15) is 0 Å². The molecular weight excluding hydrogens is 310 g/mol. The second kappa shape index (κ2) is 5.88. The molecule has 1 nitrogen and oxygen atoms in total. The monoisotopic (exact) mass is 330 g/mol. The number of aryl methyl sites for hydroxylation is 3. The molecule has 0 unspecified atom stereocenters. The molecule has 118 valence electrons.